The summed E-state index contributed by atoms with van der Waals surface area (Å²) in [6.45, 7) is 8.08. The van der Waals surface area contributed by atoms with Crippen LogP contribution in [0.5, 0.6) is 0 Å². The summed E-state index contributed by atoms with van der Waals surface area (Å²) in [5.41, 5.74) is 0.865. The fourth-order valence-corrected chi connectivity index (χ4v) is 4.45. The summed E-state index contributed by atoms with van der Waals surface area (Å²) in [5.74, 6) is 1.40. The van der Waals surface area contributed by atoms with E-state index in [9.17, 15) is 4.79 Å². The van der Waals surface area contributed by atoms with E-state index in [-0.39, 0.29) is 11.3 Å². The van der Waals surface area contributed by atoms with Crippen LogP contribution in [0.3, 0.4) is 0 Å². The molecule has 0 aromatic carbocycles. The molecule has 0 unspecified atom stereocenters. The SMILES string of the molecule is CC(C)n1cnc([C@@H]2CN(C)C[C@]23CCN(CC2CC2)C3=O)c1. The van der Waals surface area contributed by atoms with Crippen molar-refractivity contribution in [3.05, 3.63) is 18.2 Å². The van der Waals surface area contributed by atoms with Gasteiger partial charge in [-0.15, -0.1) is 0 Å². The van der Waals surface area contributed by atoms with Gasteiger partial charge >= 0.3 is 0 Å². The minimum atomic E-state index is -0.236. The van der Waals surface area contributed by atoms with Crippen LogP contribution in [0.2, 0.25) is 0 Å². The van der Waals surface area contributed by atoms with E-state index in [1.54, 1.807) is 0 Å². The number of hydrogen-bond donors (Lipinski definition) is 0. The quantitative estimate of drug-likeness (QED) is 0.854. The highest BCUT2D eigenvalue weighted by Gasteiger charge is 2.57. The van der Waals surface area contributed by atoms with Crippen LogP contribution in [0.1, 0.15) is 50.8 Å². The normalized spacial score (nSPS) is 31.9. The summed E-state index contributed by atoms with van der Waals surface area (Å²) < 4.78 is 2.16. The Morgan fingerprint density at radius 3 is 2.83 bits per heavy atom. The van der Waals surface area contributed by atoms with Crippen molar-refractivity contribution in [2.24, 2.45) is 11.3 Å². The minimum absolute atomic E-state index is 0.236. The molecule has 1 aromatic heterocycles. The standard InChI is InChI=1S/C18H28N4O/c1-13(2)22-10-16(19-12-22)15-9-20(3)11-18(15)6-7-21(17(18)23)8-14-4-5-14/h10,12-15H,4-9,11H2,1-3H3/t15-,18+/m0/s1. The summed E-state index contributed by atoms with van der Waals surface area (Å²) in [5, 5.41) is 0. The highest BCUT2D eigenvalue weighted by molar-refractivity contribution is 5.86. The number of carbonyl (C=O) groups excluding carboxylic acids is 1. The van der Waals surface area contributed by atoms with Crippen molar-refractivity contribution in [1.29, 1.82) is 0 Å². The molecule has 1 spiro atoms. The van der Waals surface area contributed by atoms with E-state index in [0.717, 1.165) is 44.2 Å². The largest absolute Gasteiger partial charge is 0.342 e. The van der Waals surface area contributed by atoms with Crippen LogP contribution >= 0.6 is 0 Å². The van der Waals surface area contributed by atoms with Gasteiger partial charge in [-0.05, 0) is 46.1 Å². The number of aromatic nitrogens is 2. The first kappa shape index (κ1) is 15.2. The Balaban J connectivity index is 1.61. The molecule has 5 nitrogen and oxygen atoms in total. The molecule has 3 fully saturated rings. The van der Waals surface area contributed by atoms with E-state index in [1.807, 2.05) is 6.33 Å². The summed E-state index contributed by atoms with van der Waals surface area (Å²) in [6.07, 6.45) is 7.68. The molecule has 0 radical (unpaired) electrons. The third-order valence-corrected chi connectivity index (χ3v) is 6.00. The van der Waals surface area contributed by atoms with Crippen LogP contribution in [0.25, 0.3) is 0 Å². The van der Waals surface area contributed by atoms with Gasteiger partial charge in [0.25, 0.3) is 0 Å². The van der Waals surface area contributed by atoms with E-state index < -0.39 is 0 Å². The van der Waals surface area contributed by atoms with Gasteiger partial charge in [-0.2, -0.15) is 0 Å². The van der Waals surface area contributed by atoms with E-state index >= 15 is 0 Å². The number of amides is 1. The first-order valence-corrected chi connectivity index (χ1v) is 9.01. The molecule has 1 aliphatic carbocycles. The molecule has 3 heterocycles. The molecule has 2 atom stereocenters. The molecule has 1 aromatic rings. The van der Waals surface area contributed by atoms with Crippen molar-refractivity contribution in [3.63, 3.8) is 0 Å². The zero-order chi connectivity index (χ0) is 16.2. The van der Waals surface area contributed by atoms with Crippen molar-refractivity contribution in [3.8, 4) is 0 Å². The predicted octanol–water partition coefficient (Wildman–Crippen LogP) is 2.12. The third kappa shape index (κ3) is 2.49. The highest BCUT2D eigenvalue weighted by atomic mass is 16.2. The fourth-order valence-electron chi connectivity index (χ4n) is 4.45. The molecular weight excluding hydrogens is 288 g/mol. The Labute approximate surface area is 138 Å². The first-order valence-electron chi connectivity index (χ1n) is 9.01. The fraction of sp³-hybridized carbons (Fsp3) is 0.778. The monoisotopic (exact) mass is 316 g/mol. The molecule has 0 N–H and O–H groups in total. The lowest BCUT2D eigenvalue weighted by Crippen LogP contribution is -2.40. The number of likely N-dealkylation sites (N-methyl/N-ethyl adjacent to an activating group) is 1. The van der Waals surface area contributed by atoms with E-state index in [1.165, 1.54) is 12.8 Å². The number of imidazole rings is 1. The number of nitrogens with zero attached hydrogens (tertiary/aromatic N) is 4. The molecule has 2 aliphatic heterocycles. The Morgan fingerprint density at radius 1 is 1.39 bits per heavy atom. The lowest BCUT2D eigenvalue weighted by atomic mass is 9.75. The third-order valence-electron chi connectivity index (χ3n) is 6.00. The summed E-state index contributed by atoms with van der Waals surface area (Å²) in [6, 6.07) is 0.414. The van der Waals surface area contributed by atoms with Gasteiger partial charge in [0.15, 0.2) is 0 Å². The Morgan fingerprint density at radius 2 is 2.17 bits per heavy atom. The lowest BCUT2D eigenvalue weighted by molar-refractivity contribution is -0.136. The molecule has 3 aliphatic rings. The van der Waals surface area contributed by atoms with Crippen LogP contribution in [0, 0.1) is 11.3 Å². The van der Waals surface area contributed by atoms with Gasteiger partial charge in [-0.1, -0.05) is 0 Å². The van der Waals surface area contributed by atoms with E-state index in [4.69, 9.17) is 0 Å². The second kappa shape index (κ2) is 5.33. The van der Waals surface area contributed by atoms with Gasteiger partial charge in [-0.25, -0.2) is 4.98 Å². The Kier molecular flexibility index (Phi) is 3.52. The van der Waals surface area contributed by atoms with Crippen LogP contribution in [0.4, 0.5) is 0 Å². The topological polar surface area (TPSA) is 41.4 Å². The minimum Gasteiger partial charge on any atom is -0.342 e. The van der Waals surface area contributed by atoms with Gasteiger partial charge in [-0.3, -0.25) is 4.79 Å². The molecule has 0 bridgehead atoms. The van der Waals surface area contributed by atoms with Crippen LogP contribution in [-0.2, 0) is 4.79 Å². The average Bonchev–Trinajstić information content (AvgIpc) is 2.94. The van der Waals surface area contributed by atoms with Gasteiger partial charge in [0.1, 0.15) is 0 Å². The number of likely N-dealkylation sites (tertiary alicyclic amines) is 2. The second-order valence-electron chi connectivity index (χ2n) is 8.19. The van der Waals surface area contributed by atoms with E-state index in [0.29, 0.717) is 11.9 Å². The maximum absolute atomic E-state index is 13.2. The highest BCUT2D eigenvalue weighted by Crippen LogP contribution is 2.49. The van der Waals surface area contributed by atoms with Crippen molar-refractivity contribution < 1.29 is 4.79 Å². The predicted molar refractivity (Wildman–Crippen MR) is 89.2 cm³/mol. The number of rotatable bonds is 4. The van der Waals surface area contributed by atoms with Crippen LogP contribution < -0.4 is 0 Å². The van der Waals surface area contributed by atoms with Gasteiger partial charge in [0.05, 0.1) is 17.4 Å². The second-order valence-corrected chi connectivity index (χ2v) is 8.19. The molecule has 1 saturated carbocycles. The Bertz CT molecular complexity index is 606. The molecule has 1 amide bonds. The first-order chi connectivity index (χ1) is 11.0. The van der Waals surface area contributed by atoms with Crippen LogP contribution in [0.15, 0.2) is 12.5 Å². The summed E-state index contributed by atoms with van der Waals surface area (Å²) >= 11 is 0. The molecule has 126 valence electrons. The van der Waals surface area contributed by atoms with Crippen molar-refractivity contribution in [1.82, 2.24) is 19.4 Å². The van der Waals surface area contributed by atoms with Gasteiger partial charge in [0, 0.05) is 44.3 Å². The maximum Gasteiger partial charge on any atom is 0.230 e. The van der Waals surface area contributed by atoms with Crippen molar-refractivity contribution in [2.45, 2.75) is 45.1 Å². The molecule has 4 rings (SSSR count). The van der Waals surface area contributed by atoms with E-state index in [2.05, 4.69) is 46.4 Å². The molecule has 23 heavy (non-hydrogen) atoms. The zero-order valence-corrected chi connectivity index (χ0v) is 14.5. The number of hydrogen-bond acceptors (Lipinski definition) is 3. The smallest absolute Gasteiger partial charge is 0.230 e. The van der Waals surface area contributed by atoms with Gasteiger partial charge in [0.2, 0.25) is 5.91 Å². The van der Waals surface area contributed by atoms with Crippen molar-refractivity contribution >= 4 is 5.91 Å². The number of carbonyl (C=O) groups is 1. The summed E-state index contributed by atoms with van der Waals surface area (Å²) in [4.78, 5) is 22.4. The van der Waals surface area contributed by atoms with Crippen molar-refractivity contribution in [2.75, 3.05) is 33.2 Å². The average molecular weight is 316 g/mol. The van der Waals surface area contributed by atoms with Crippen LogP contribution in [-0.4, -0.2) is 58.5 Å². The molecule has 5 heteroatoms. The zero-order valence-electron chi connectivity index (χ0n) is 14.5. The lowest BCUT2D eigenvalue weighted by Gasteiger charge is -2.28. The maximum atomic E-state index is 13.2. The molecular formula is C18H28N4O. The van der Waals surface area contributed by atoms with Gasteiger partial charge < -0.3 is 14.4 Å². The Hall–Kier alpha value is -1.36. The summed E-state index contributed by atoms with van der Waals surface area (Å²) in [7, 11) is 2.14. The molecule has 2 saturated heterocycles.